The van der Waals surface area contributed by atoms with Crippen LogP contribution in [0.3, 0.4) is 0 Å². The Hall–Kier alpha value is -1.10. The van der Waals surface area contributed by atoms with Gasteiger partial charge in [-0.1, -0.05) is 0 Å². The van der Waals surface area contributed by atoms with Crippen molar-refractivity contribution in [1.82, 2.24) is 15.1 Å². The molecule has 3 amide bonds. The molecule has 1 rings (SSSR count). The second kappa shape index (κ2) is 4.18. The maximum Gasteiger partial charge on any atom is 0.325 e. The lowest BCUT2D eigenvalue weighted by molar-refractivity contribution is -0.130. The van der Waals surface area contributed by atoms with Crippen LogP contribution in [0, 0.1) is 0 Å². The fourth-order valence-corrected chi connectivity index (χ4v) is 1.57. The summed E-state index contributed by atoms with van der Waals surface area (Å²) in [5.41, 5.74) is -0.741. The second-order valence-electron chi connectivity index (χ2n) is 4.67. The van der Waals surface area contributed by atoms with Crippen molar-refractivity contribution in [3.8, 4) is 0 Å². The van der Waals surface area contributed by atoms with Crippen LogP contribution in [0.15, 0.2) is 0 Å². The number of nitrogens with zero attached hydrogens (tertiary/aromatic N) is 2. The van der Waals surface area contributed by atoms with Gasteiger partial charge < -0.3 is 10.2 Å². The standard InChI is InChI=1S/C10H19N3O2/c1-10(2)8(14)13(9(15)11-10)7-5-6-12(3)4/h5-7H2,1-4H3,(H,11,15). The van der Waals surface area contributed by atoms with E-state index in [2.05, 4.69) is 5.32 Å². The van der Waals surface area contributed by atoms with Gasteiger partial charge >= 0.3 is 6.03 Å². The molecule has 0 spiro atoms. The van der Waals surface area contributed by atoms with Gasteiger partial charge in [0.15, 0.2) is 0 Å². The monoisotopic (exact) mass is 213 g/mol. The van der Waals surface area contributed by atoms with Crippen molar-refractivity contribution in [1.29, 1.82) is 0 Å². The number of urea groups is 1. The van der Waals surface area contributed by atoms with E-state index >= 15 is 0 Å². The lowest BCUT2D eigenvalue weighted by Crippen LogP contribution is -2.40. The second-order valence-corrected chi connectivity index (χ2v) is 4.67. The zero-order valence-electron chi connectivity index (χ0n) is 9.83. The largest absolute Gasteiger partial charge is 0.325 e. The minimum Gasteiger partial charge on any atom is -0.324 e. The lowest BCUT2D eigenvalue weighted by atomic mass is 10.1. The molecule has 5 heteroatoms. The molecule has 0 radical (unpaired) electrons. The Labute approximate surface area is 90.4 Å². The Balaban J connectivity index is 2.49. The smallest absolute Gasteiger partial charge is 0.324 e. The molecule has 1 saturated heterocycles. The first-order chi connectivity index (χ1) is 6.84. The molecule has 0 aromatic rings. The average molecular weight is 213 g/mol. The SMILES string of the molecule is CN(C)CCCN1C(=O)NC(C)(C)C1=O. The highest BCUT2D eigenvalue weighted by atomic mass is 16.2. The molecule has 1 N–H and O–H groups in total. The summed E-state index contributed by atoms with van der Waals surface area (Å²) in [6.45, 7) is 4.81. The average Bonchev–Trinajstić information content (AvgIpc) is 2.26. The third-order valence-electron chi connectivity index (χ3n) is 2.43. The van der Waals surface area contributed by atoms with Crippen LogP contribution in [0.4, 0.5) is 4.79 Å². The maximum atomic E-state index is 11.7. The predicted molar refractivity (Wildman–Crippen MR) is 57.5 cm³/mol. The van der Waals surface area contributed by atoms with Crippen LogP contribution in [-0.4, -0.2) is 54.5 Å². The van der Waals surface area contributed by atoms with Gasteiger partial charge in [0, 0.05) is 6.54 Å². The summed E-state index contributed by atoms with van der Waals surface area (Å²) < 4.78 is 0. The molecule has 15 heavy (non-hydrogen) atoms. The Morgan fingerprint density at radius 2 is 1.93 bits per heavy atom. The Bertz CT molecular complexity index is 274. The molecule has 5 nitrogen and oxygen atoms in total. The van der Waals surface area contributed by atoms with Crippen LogP contribution in [0.25, 0.3) is 0 Å². The van der Waals surface area contributed by atoms with E-state index in [1.807, 2.05) is 19.0 Å². The molecule has 0 aromatic carbocycles. The molecule has 0 aliphatic carbocycles. The summed E-state index contributed by atoms with van der Waals surface area (Å²) in [6.07, 6.45) is 0.808. The summed E-state index contributed by atoms with van der Waals surface area (Å²) in [4.78, 5) is 26.5. The number of carbonyl (C=O) groups excluding carboxylic acids is 2. The minimum absolute atomic E-state index is 0.133. The Morgan fingerprint density at radius 1 is 1.33 bits per heavy atom. The molecule has 1 heterocycles. The maximum absolute atomic E-state index is 11.7. The highest BCUT2D eigenvalue weighted by molar-refractivity contribution is 6.06. The summed E-state index contributed by atoms with van der Waals surface area (Å²) >= 11 is 0. The highest BCUT2D eigenvalue weighted by Crippen LogP contribution is 2.16. The molecule has 0 unspecified atom stereocenters. The van der Waals surface area contributed by atoms with E-state index in [0.717, 1.165) is 13.0 Å². The number of hydrogen-bond donors (Lipinski definition) is 1. The number of rotatable bonds is 4. The Morgan fingerprint density at radius 3 is 2.33 bits per heavy atom. The molecule has 0 aromatic heterocycles. The van der Waals surface area contributed by atoms with Gasteiger partial charge in [-0.15, -0.1) is 0 Å². The van der Waals surface area contributed by atoms with Gasteiger partial charge in [0.1, 0.15) is 5.54 Å². The van der Waals surface area contributed by atoms with Gasteiger partial charge in [0.05, 0.1) is 0 Å². The van der Waals surface area contributed by atoms with Gasteiger partial charge in [-0.3, -0.25) is 9.69 Å². The van der Waals surface area contributed by atoms with Crippen molar-refractivity contribution in [3.63, 3.8) is 0 Å². The van der Waals surface area contributed by atoms with Gasteiger partial charge in [0.2, 0.25) is 0 Å². The summed E-state index contributed by atoms with van der Waals surface area (Å²) in [5, 5.41) is 2.65. The molecule has 86 valence electrons. The number of imide groups is 1. The molecule has 0 saturated carbocycles. The number of hydrogen-bond acceptors (Lipinski definition) is 3. The van der Waals surface area contributed by atoms with Crippen LogP contribution in [-0.2, 0) is 4.79 Å². The zero-order valence-corrected chi connectivity index (χ0v) is 9.83. The van der Waals surface area contributed by atoms with Crippen molar-refractivity contribution in [2.24, 2.45) is 0 Å². The lowest BCUT2D eigenvalue weighted by Gasteiger charge is -2.16. The van der Waals surface area contributed by atoms with Crippen molar-refractivity contribution in [2.45, 2.75) is 25.8 Å². The minimum atomic E-state index is -0.741. The van der Waals surface area contributed by atoms with Crippen LogP contribution in [0.2, 0.25) is 0 Å². The van der Waals surface area contributed by atoms with Crippen LogP contribution in [0.5, 0.6) is 0 Å². The topological polar surface area (TPSA) is 52.6 Å². The van der Waals surface area contributed by atoms with Crippen LogP contribution in [0.1, 0.15) is 20.3 Å². The normalized spacial score (nSPS) is 19.9. The van der Waals surface area contributed by atoms with Crippen LogP contribution < -0.4 is 5.32 Å². The van der Waals surface area contributed by atoms with Gasteiger partial charge in [-0.25, -0.2) is 4.79 Å². The third kappa shape index (κ3) is 2.68. The van der Waals surface area contributed by atoms with E-state index in [9.17, 15) is 9.59 Å². The molecular weight excluding hydrogens is 194 g/mol. The molecule has 0 atom stereocenters. The number of nitrogens with one attached hydrogen (secondary N) is 1. The van der Waals surface area contributed by atoms with E-state index in [4.69, 9.17) is 0 Å². The molecular formula is C10H19N3O2. The highest BCUT2D eigenvalue weighted by Gasteiger charge is 2.43. The van der Waals surface area contributed by atoms with E-state index in [-0.39, 0.29) is 11.9 Å². The predicted octanol–water partition coefficient (Wildman–Crippen LogP) is 0.268. The van der Waals surface area contributed by atoms with Gasteiger partial charge in [-0.2, -0.15) is 0 Å². The summed E-state index contributed by atoms with van der Waals surface area (Å²) in [7, 11) is 3.94. The molecule has 1 aliphatic heterocycles. The van der Waals surface area contributed by atoms with E-state index in [1.165, 1.54) is 4.90 Å². The van der Waals surface area contributed by atoms with Gasteiger partial charge in [0.25, 0.3) is 5.91 Å². The summed E-state index contributed by atoms with van der Waals surface area (Å²) in [5.74, 6) is -0.133. The van der Waals surface area contributed by atoms with E-state index in [1.54, 1.807) is 13.8 Å². The van der Waals surface area contributed by atoms with E-state index < -0.39 is 5.54 Å². The Kier molecular flexibility index (Phi) is 3.34. The fourth-order valence-electron chi connectivity index (χ4n) is 1.57. The zero-order chi connectivity index (χ0) is 11.6. The third-order valence-corrected chi connectivity index (χ3v) is 2.43. The molecule has 1 aliphatic rings. The first-order valence-corrected chi connectivity index (χ1v) is 5.13. The van der Waals surface area contributed by atoms with Crippen LogP contribution >= 0.6 is 0 Å². The van der Waals surface area contributed by atoms with Crippen molar-refractivity contribution < 1.29 is 9.59 Å². The quantitative estimate of drug-likeness (QED) is 0.682. The number of amides is 3. The fraction of sp³-hybridized carbons (Fsp3) is 0.800. The van der Waals surface area contributed by atoms with Crippen molar-refractivity contribution in [2.75, 3.05) is 27.2 Å². The van der Waals surface area contributed by atoms with Crippen molar-refractivity contribution in [3.05, 3.63) is 0 Å². The molecule has 1 fully saturated rings. The number of carbonyl (C=O) groups is 2. The summed E-state index contributed by atoms with van der Waals surface area (Å²) in [6, 6.07) is -0.274. The van der Waals surface area contributed by atoms with E-state index in [0.29, 0.717) is 6.54 Å². The van der Waals surface area contributed by atoms with Crippen molar-refractivity contribution >= 4 is 11.9 Å². The first kappa shape index (κ1) is 12.0. The molecule has 0 bridgehead atoms. The van der Waals surface area contributed by atoms with Gasteiger partial charge in [-0.05, 0) is 40.9 Å². The first-order valence-electron chi connectivity index (χ1n) is 5.13.